The minimum absolute atomic E-state index is 0.00546. The second-order valence-electron chi connectivity index (χ2n) is 9.25. The molecule has 1 aromatic heterocycles. The third kappa shape index (κ3) is 4.62. The Hall–Kier alpha value is -4.19. The van der Waals surface area contributed by atoms with Crippen LogP contribution in [0.3, 0.4) is 0 Å². The minimum Gasteiger partial charge on any atom is -0.320 e. The molecule has 0 unspecified atom stereocenters. The minimum atomic E-state index is -0.426. The Morgan fingerprint density at radius 2 is 1.32 bits per heavy atom. The number of hydrogen-bond donors (Lipinski definition) is 2. The van der Waals surface area contributed by atoms with Gasteiger partial charge in [-0.25, -0.2) is 0 Å². The van der Waals surface area contributed by atoms with Gasteiger partial charge in [-0.05, 0) is 41.3 Å². The number of carbonyl (C=O) groups is 2. The predicted molar refractivity (Wildman–Crippen MR) is 137 cm³/mol. The molecule has 0 saturated carbocycles. The van der Waals surface area contributed by atoms with Crippen molar-refractivity contribution in [2.24, 2.45) is 7.05 Å². The number of nitrogens with zero attached hydrogens (tertiary/aromatic N) is 1. The van der Waals surface area contributed by atoms with Crippen LogP contribution in [0.25, 0.3) is 10.9 Å². The molecule has 1 heterocycles. The number of nitrogens with one attached hydrogen (secondary N) is 2. The molecule has 0 bridgehead atoms. The highest BCUT2D eigenvalue weighted by atomic mass is 16.2. The molecule has 0 atom stereocenters. The molecule has 0 aliphatic heterocycles. The van der Waals surface area contributed by atoms with Crippen LogP contribution in [0.5, 0.6) is 0 Å². The SMILES string of the molecule is Cn1c(=O)cc(C(=O)Nc2ccccc2NC(=O)c2ccc(C(C)(C)C)cc2)c2ccccc21. The summed E-state index contributed by atoms with van der Waals surface area (Å²) in [6, 6.07) is 23.0. The topological polar surface area (TPSA) is 80.2 Å². The molecule has 0 spiro atoms. The Morgan fingerprint density at radius 1 is 0.765 bits per heavy atom. The van der Waals surface area contributed by atoms with Crippen LogP contribution in [-0.2, 0) is 12.5 Å². The lowest BCUT2D eigenvalue weighted by Gasteiger charge is -2.19. The summed E-state index contributed by atoms with van der Waals surface area (Å²) in [7, 11) is 1.67. The van der Waals surface area contributed by atoms with Gasteiger partial charge in [0.2, 0.25) is 0 Å². The molecule has 2 amide bonds. The molecule has 0 fully saturated rings. The number of pyridine rings is 1. The van der Waals surface area contributed by atoms with Gasteiger partial charge in [0, 0.05) is 24.1 Å². The summed E-state index contributed by atoms with van der Waals surface area (Å²) in [6.07, 6.45) is 0. The van der Waals surface area contributed by atoms with E-state index in [4.69, 9.17) is 0 Å². The highest BCUT2D eigenvalue weighted by molar-refractivity contribution is 6.14. The zero-order valence-corrected chi connectivity index (χ0v) is 19.7. The lowest BCUT2D eigenvalue weighted by molar-refractivity contribution is 0.101. The van der Waals surface area contributed by atoms with E-state index in [1.807, 2.05) is 24.3 Å². The molecular formula is C28H27N3O3. The van der Waals surface area contributed by atoms with Crippen LogP contribution in [0.15, 0.2) is 83.7 Å². The Bertz CT molecular complexity index is 1440. The molecule has 3 aromatic carbocycles. The number of fused-ring (bicyclic) bond motifs is 1. The molecule has 0 radical (unpaired) electrons. The zero-order valence-electron chi connectivity index (χ0n) is 19.7. The first-order valence-electron chi connectivity index (χ1n) is 11.1. The van der Waals surface area contributed by atoms with E-state index in [0.29, 0.717) is 27.8 Å². The molecule has 4 aromatic rings. The standard InChI is InChI=1S/C28H27N3O3/c1-28(2,3)19-15-13-18(14-16-19)26(33)29-22-10-6-7-11-23(22)30-27(34)21-17-25(32)31(4)24-12-8-5-9-20(21)24/h5-17H,1-4H3,(H,29,33)(H,30,34). The maximum atomic E-state index is 13.2. The van der Waals surface area contributed by atoms with E-state index >= 15 is 0 Å². The van der Waals surface area contributed by atoms with Crippen LogP contribution in [0, 0.1) is 0 Å². The first kappa shape index (κ1) is 23.0. The van der Waals surface area contributed by atoms with E-state index in [0.717, 1.165) is 5.56 Å². The third-order valence-electron chi connectivity index (χ3n) is 5.84. The lowest BCUT2D eigenvalue weighted by atomic mass is 9.87. The van der Waals surface area contributed by atoms with Crippen molar-refractivity contribution in [3.8, 4) is 0 Å². The van der Waals surface area contributed by atoms with Crippen molar-refractivity contribution in [2.75, 3.05) is 10.6 Å². The highest BCUT2D eigenvalue weighted by Crippen LogP contribution is 2.25. The maximum Gasteiger partial charge on any atom is 0.256 e. The molecule has 172 valence electrons. The summed E-state index contributed by atoms with van der Waals surface area (Å²) in [6.45, 7) is 6.35. The predicted octanol–water partition coefficient (Wildman–Crippen LogP) is 5.34. The van der Waals surface area contributed by atoms with E-state index in [1.54, 1.807) is 55.6 Å². The molecule has 0 aliphatic rings. The first-order valence-corrected chi connectivity index (χ1v) is 11.1. The van der Waals surface area contributed by atoms with Crippen molar-refractivity contribution >= 4 is 34.1 Å². The number of carbonyl (C=O) groups excluding carboxylic acids is 2. The van der Waals surface area contributed by atoms with E-state index in [1.165, 1.54) is 10.6 Å². The second kappa shape index (κ2) is 8.98. The number of hydrogen-bond acceptors (Lipinski definition) is 3. The Morgan fingerprint density at radius 3 is 1.94 bits per heavy atom. The fourth-order valence-corrected chi connectivity index (χ4v) is 3.81. The fourth-order valence-electron chi connectivity index (χ4n) is 3.81. The number of aryl methyl sites for hydroxylation is 1. The fraction of sp³-hybridized carbons (Fsp3) is 0.179. The van der Waals surface area contributed by atoms with E-state index in [9.17, 15) is 14.4 Å². The van der Waals surface area contributed by atoms with Crippen molar-refractivity contribution in [3.05, 3.63) is 106 Å². The average molecular weight is 454 g/mol. The molecule has 6 heteroatoms. The van der Waals surface area contributed by atoms with Gasteiger partial charge in [-0.15, -0.1) is 0 Å². The molecule has 6 nitrogen and oxygen atoms in total. The van der Waals surface area contributed by atoms with Crippen molar-refractivity contribution in [2.45, 2.75) is 26.2 Å². The van der Waals surface area contributed by atoms with Crippen LogP contribution < -0.4 is 16.2 Å². The van der Waals surface area contributed by atoms with Gasteiger partial charge >= 0.3 is 0 Å². The van der Waals surface area contributed by atoms with Crippen LogP contribution in [0.1, 0.15) is 47.1 Å². The third-order valence-corrected chi connectivity index (χ3v) is 5.84. The summed E-state index contributed by atoms with van der Waals surface area (Å²) in [5.41, 5.74) is 3.23. The lowest BCUT2D eigenvalue weighted by Crippen LogP contribution is -2.22. The molecule has 34 heavy (non-hydrogen) atoms. The van der Waals surface area contributed by atoms with Gasteiger partial charge in [0.25, 0.3) is 17.4 Å². The molecule has 4 rings (SSSR count). The Labute approximate surface area is 198 Å². The number of para-hydroxylation sites is 3. The number of rotatable bonds is 4. The Balaban J connectivity index is 1.60. The number of benzene rings is 3. The summed E-state index contributed by atoms with van der Waals surface area (Å²) in [4.78, 5) is 38.4. The van der Waals surface area contributed by atoms with Crippen molar-refractivity contribution in [1.29, 1.82) is 0 Å². The highest BCUT2D eigenvalue weighted by Gasteiger charge is 2.17. The van der Waals surface area contributed by atoms with Crippen molar-refractivity contribution < 1.29 is 9.59 Å². The quantitative estimate of drug-likeness (QED) is 0.438. The maximum absolute atomic E-state index is 13.2. The van der Waals surface area contributed by atoms with Gasteiger partial charge in [-0.1, -0.05) is 63.2 Å². The number of anilines is 2. The summed E-state index contributed by atoms with van der Waals surface area (Å²) < 4.78 is 1.51. The normalized spacial score (nSPS) is 11.3. The summed E-state index contributed by atoms with van der Waals surface area (Å²) >= 11 is 0. The summed E-state index contributed by atoms with van der Waals surface area (Å²) in [5.74, 6) is -0.702. The van der Waals surface area contributed by atoms with Gasteiger partial charge < -0.3 is 15.2 Å². The smallest absolute Gasteiger partial charge is 0.256 e. The average Bonchev–Trinajstić information content (AvgIpc) is 2.82. The van der Waals surface area contributed by atoms with Crippen LogP contribution in [0.4, 0.5) is 11.4 Å². The number of amides is 2. The first-order chi connectivity index (χ1) is 16.1. The molecule has 2 N–H and O–H groups in total. The van der Waals surface area contributed by atoms with Gasteiger partial charge in [0.1, 0.15) is 0 Å². The van der Waals surface area contributed by atoms with Gasteiger partial charge in [-0.2, -0.15) is 0 Å². The monoisotopic (exact) mass is 453 g/mol. The Kier molecular flexibility index (Phi) is 6.07. The van der Waals surface area contributed by atoms with Gasteiger partial charge in [0.05, 0.1) is 22.5 Å². The van der Waals surface area contributed by atoms with E-state index < -0.39 is 5.91 Å². The molecular weight excluding hydrogens is 426 g/mol. The van der Waals surface area contributed by atoms with E-state index in [-0.39, 0.29) is 22.4 Å². The number of aromatic nitrogens is 1. The van der Waals surface area contributed by atoms with Gasteiger partial charge in [-0.3, -0.25) is 14.4 Å². The molecule has 0 saturated heterocycles. The second-order valence-corrected chi connectivity index (χ2v) is 9.25. The largest absolute Gasteiger partial charge is 0.320 e. The molecule has 0 aliphatic carbocycles. The van der Waals surface area contributed by atoms with Crippen LogP contribution in [0.2, 0.25) is 0 Å². The van der Waals surface area contributed by atoms with E-state index in [2.05, 4.69) is 31.4 Å². The van der Waals surface area contributed by atoms with Crippen LogP contribution >= 0.6 is 0 Å². The van der Waals surface area contributed by atoms with Gasteiger partial charge in [0.15, 0.2) is 0 Å². The van der Waals surface area contributed by atoms with Crippen LogP contribution in [-0.4, -0.2) is 16.4 Å². The van der Waals surface area contributed by atoms with Crippen molar-refractivity contribution in [3.63, 3.8) is 0 Å². The zero-order chi connectivity index (χ0) is 24.5. The summed E-state index contributed by atoms with van der Waals surface area (Å²) in [5, 5.41) is 6.40. The van der Waals surface area contributed by atoms with Crippen molar-refractivity contribution in [1.82, 2.24) is 4.57 Å².